The summed E-state index contributed by atoms with van der Waals surface area (Å²) in [5.74, 6) is 2.44. The van der Waals surface area contributed by atoms with E-state index in [0.29, 0.717) is 29.4 Å². The van der Waals surface area contributed by atoms with Gasteiger partial charge in [0.1, 0.15) is 11.5 Å². The molecule has 1 amide bonds. The molecule has 1 aliphatic heterocycles. The van der Waals surface area contributed by atoms with E-state index < -0.39 is 0 Å². The van der Waals surface area contributed by atoms with Crippen LogP contribution < -0.4 is 24.3 Å². The van der Waals surface area contributed by atoms with Crippen molar-refractivity contribution in [3.8, 4) is 23.0 Å². The second-order valence-electron chi connectivity index (χ2n) is 5.38. The van der Waals surface area contributed by atoms with E-state index in [1.807, 2.05) is 25.1 Å². The average Bonchev–Trinajstić information content (AvgIpc) is 3.07. The predicted molar refractivity (Wildman–Crippen MR) is 88.0 cm³/mol. The summed E-state index contributed by atoms with van der Waals surface area (Å²) >= 11 is 0. The second kappa shape index (κ2) is 6.70. The van der Waals surface area contributed by atoms with Crippen LogP contribution in [0.25, 0.3) is 0 Å². The third-order valence-electron chi connectivity index (χ3n) is 3.90. The Balaban J connectivity index is 1.73. The Kier molecular flexibility index (Phi) is 4.46. The fraction of sp³-hybridized carbons (Fsp3) is 0.278. The van der Waals surface area contributed by atoms with Gasteiger partial charge in [-0.2, -0.15) is 0 Å². The number of hydrogen-bond donors (Lipinski definition) is 1. The van der Waals surface area contributed by atoms with Gasteiger partial charge in [-0.25, -0.2) is 0 Å². The van der Waals surface area contributed by atoms with Crippen molar-refractivity contribution in [2.75, 3.05) is 21.0 Å². The first-order chi connectivity index (χ1) is 11.6. The molecule has 3 rings (SSSR count). The fourth-order valence-electron chi connectivity index (χ4n) is 2.55. The Labute approximate surface area is 140 Å². The van der Waals surface area contributed by atoms with E-state index in [2.05, 4.69) is 5.32 Å². The SMILES string of the molecule is COc1cc(C(=O)NCc2ccc3c(c2)OCO3)cc(OC)c1C. The minimum atomic E-state index is -0.204. The van der Waals surface area contributed by atoms with Crippen LogP contribution in [-0.4, -0.2) is 26.9 Å². The third-order valence-corrected chi connectivity index (χ3v) is 3.90. The van der Waals surface area contributed by atoms with Gasteiger partial charge in [0.2, 0.25) is 6.79 Å². The van der Waals surface area contributed by atoms with Gasteiger partial charge in [-0.1, -0.05) is 6.07 Å². The molecular formula is C18H19NO5. The number of hydrogen-bond acceptors (Lipinski definition) is 5. The van der Waals surface area contributed by atoms with Gasteiger partial charge >= 0.3 is 0 Å². The Morgan fingerprint density at radius 1 is 1.08 bits per heavy atom. The molecule has 0 saturated heterocycles. The Morgan fingerprint density at radius 2 is 1.75 bits per heavy atom. The Morgan fingerprint density at radius 3 is 2.42 bits per heavy atom. The van der Waals surface area contributed by atoms with E-state index in [1.165, 1.54) is 0 Å². The molecule has 1 aliphatic rings. The molecule has 2 aromatic carbocycles. The number of methoxy groups -OCH3 is 2. The van der Waals surface area contributed by atoms with Crippen LogP contribution in [0.5, 0.6) is 23.0 Å². The van der Waals surface area contributed by atoms with Gasteiger partial charge in [-0.15, -0.1) is 0 Å². The summed E-state index contributed by atoms with van der Waals surface area (Å²) in [6, 6.07) is 8.99. The highest BCUT2D eigenvalue weighted by Gasteiger charge is 2.15. The van der Waals surface area contributed by atoms with Crippen molar-refractivity contribution in [1.29, 1.82) is 0 Å². The van der Waals surface area contributed by atoms with Gasteiger partial charge in [0, 0.05) is 17.7 Å². The predicted octanol–water partition coefficient (Wildman–Crippen LogP) is 2.67. The van der Waals surface area contributed by atoms with Crippen LogP contribution in [0.3, 0.4) is 0 Å². The van der Waals surface area contributed by atoms with E-state index in [0.717, 1.165) is 16.9 Å². The van der Waals surface area contributed by atoms with Crippen LogP contribution in [0.4, 0.5) is 0 Å². The van der Waals surface area contributed by atoms with Gasteiger partial charge in [0.15, 0.2) is 11.5 Å². The number of benzene rings is 2. The van der Waals surface area contributed by atoms with Gasteiger partial charge in [-0.05, 0) is 36.8 Å². The lowest BCUT2D eigenvalue weighted by atomic mass is 10.1. The molecule has 0 bridgehead atoms. The summed E-state index contributed by atoms with van der Waals surface area (Å²) in [7, 11) is 3.13. The summed E-state index contributed by atoms with van der Waals surface area (Å²) in [5, 5.41) is 2.88. The molecule has 126 valence electrons. The van der Waals surface area contributed by atoms with Crippen molar-refractivity contribution >= 4 is 5.91 Å². The van der Waals surface area contributed by atoms with Crippen molar-refractivity contribution in [2.24, 2.45) is 0 Å². The maximum atomic E-state index is 12.4. The minimum absolute atomic E-state index is 0.204. The lowest BCUT2D eigenvalue weighted by Crippen LogP contribution is -2.23. The lowest BCUT2D eigenvalue weighted by Gasteiger charge is -2.13. The standard InChI is InChI=1S/C18H19NO5/c1-11-15(21-2)7-13(8-16(11)22-3)18(20)19-9-12-4-5-14-17(6-12)24-10-23-14/h4-8H,9-10H2,1-3H3,(H,19,20). The molecule has 0 aromatic heterocycles. The molecule has 0 aliphatic carbocycles. The highest BCUT2D eigenvalue weighted by molar-refractivity contribution is 5.95. The van der Waals surface area contributed by atoms with Crippen molar-refractivity contribution in [3.05, 3.63) is 47.0 Å². The number of amides is 1. The first-order valence-corrected chi connectivity index (χ1v) is 7.51. The monoisotopic (exact) mass is 329 g/mol. The van der Waals surface area contributed by atoms with Gasteiger partial charge in [-0.3, -0.25) is 4.79 Å². The zero-order valence-corrected chi connectivity index (χ0v) is 13.8. The van der Waals surface area contributed by atoms with E-state index >= 15 is 0 Å². The van der Waals surface area contributed by atoms with Crippen molar-refractivity contribution in [2.45, 2.75) is 13.5 Å². The molecule has 0 unspecified atom stereocenters. The molecule has 2 aromatic rings. The van der Waals surface area contributed by atoms with Crippen molar-refractivity contribution in [1.82, 2.24) is 5.32 Å². The first kappa shape index (κ1) is 16.0. The number of carbonyl (C=O) groups excluding carboxylic acids is 1. The van der Waals surface area contributed by atoms with Crippen LogP contribution in [-0.2, 0) is 6.54 Å². The van der Waals surface area contributed by atoms with E-state index in [9.17, 15) is 4.79 Å². The molecule has 1 N–H and O–H groups in total. The molecule has 1 heterocycles. The van der Waals surface area contributed by atoms with Gasteiger partial charge < -0.3 is 24.3 Å². The van der Waals surface area contributed by atoms with Crippen LogP contribution in [0.2, 0.25) is 0 Å². The number of fused-ring (bicyclic) bond motifs is 1. The third kappa shape index (κ3) is 3.08. The second-order valence-corrected chi connectivity index (χ2v) is 5.38. The Bertz CT molecular complexity index is 747. The van der Waals surface area contributed by atoms with E-state index in [4.69, 9.17) is 18.9 Å². The topological polar surface area (TPSA) is 66.0 Å². The molecule has 0 atom stereocenters. The lowest BCUT2D eigenvalue weighted by molar-refractivity contribution is 0.0950. The van der Waals surface area contributed by atoms with Crippen molar-refractivity contribution < 1.29 is 23.7 Å². The highest BCUT2D eigenvalue weighted by atomic mass is 16.7. The summed E-state index contributed by atoms with van der Waals surface area (Å²) in [6.07, 6.45) is 0. The number of nitrogens with one attached hydrogen (secondary N) is 1. The van der Waals surface area contributed by atoms with Gasteiger partial charge in [0.05, 0.1) is 14.2 Å². The molecule has 0 fully saturated rings. The smallest absolute Gasteiger partial charge is 0.251 e. The maximum absolute atomic E-state index is 12.4. The maximum Gasteiger partial charge on any atom is 0.251 e. The van der Waals surface area contributed by atoms with Gasteiger partial charge in [0.25, 0.3) is 5.91 Å². The number of ether oxygens (including phenoxy) is 4. The summed E-state index contributed by atoms with van der Waals surface area (Å²) in [4.78, 5) is 12.4. The summed E-state index contributed by atoms with van der Waals surface area (Å²) < 4.78 is 21.2. The molecule has 0 saturated carbocycles. The quantitative estimate of drug-likeness (QED) is 0.913. The molecule has 6 nitrogen and oxygen atoms in total. The average molecular weight is 329 g/mol. The van der Waals surface area contributed by atoms with E-state index in [-0.39, 0.29) is 12.7 Å². The first-order valence-electron chi connectivity index (χ1n) is 7.51. The molecule has 6 heteroatoms. The molecular weight excluding hydrogens is 310 g/mol. The molecule has 0 radical (unpaired) electrons. The largest absolute Gasteiger partial charge is 0.496 e. The normalized spacial score (nSPS) is 12.0. The zero-order valence-electron chi connectivity index (χ0n) is 13.8. The summed E-state index contributed by atoms with van der Waals surface area (Å²) in [5.41, 5.74) is 2.26. The molecule has 0 spiro atoms. The summed E-state index contributed by atoms with van der Waals surface area (Å²) in [6.45, 7) is 2.49. The minimum Gasteiger partial charge on any atom is -0.496 e. The Hall–Kier alpha value is -2.89. The van der Waals surface area contributed by atoms with Crippen LogP contribution in [0.1, 0.15) is 21.5 Å². The number of rotatable bonds is 5. The van der Waals surface area contributed by atoms with Crippen molar-refractivity contribution in [3.63, 3.8) is 0 Å². The van der Waals surface area contributed by atoms with Crippen LogP contribution in [0.15, 0.2) is 30.3 Å². The number of carbonyl (C=O) groups is 1. The van der Waals surface area contributed by atoms with E-state index in [1.54, 1.807) is 26.4 Å². The highest BCUT2D eigenvalue weighted by Crippen LogP contribution is 2.32. The van der Waals surface area contributed by atoms with Crippen LogP contribution in [0, 0.1) is 6.92 Å². The zero-order chi connectivity index (χ0) is 17.1. The van der Waals surface area contributed by atoms with Crippen LogP contribution >= 0.6 is 0 Å². The fourth-order valence-corrected chi connectivity index (χ4v) is 2.55. The molecule has 24 heavy (non-hydrogen) atoms.